The molecule has 5 heteroatoms. The van der Waals surface area contributed by atoms with Crippen LogP contribution in [-0.2, 0) is 9.59 Å². The van der Waals surface area contributed by atoms with E-state index >= 15 is 0 Å². The normalized spacial score (nSPS) is 17.6. The lowest BCUT2D eigenvalue weighted by molar-refractivity contribution is -0.137. The molecule has 0 aromatic heterocycles. The van der Waals surface area contributed by atoms with E-state index < -0.39 is 5.97 Å². The van der Waals surface area contributed by atoms with E-state index in [1.165, 1.54) is 0 Å². The number of hydrogen-bond acceptors (Lipinski definition) is 3. The van der Waals surface area contributed by atoms with E-state index in [2.05, 4.69) is 5.32 Å². The van der Waals surface area contributed by atoms with Crippen LogP contribution in [0, 0.1) is 0 Å². The monoisotopic (exact) mass is 228 g/mol. The minimum Gasteiger partial charge on any atom is -0.481 e. The average molecular weight is 228 g/mol. The molecule has 16 heavy (non-hydrogen) atoms. The van der Waals surface area contributed by atoms with Gasteiger partial charge < -0.3 is 16.2 Å². The lowest BCUT2D eigenvalue weighted by Crippen LogP contribution is -2.50. The second-order valence-electron chi connectivity index (χ2n) is 4.59. The fraction of sp³-hybridized carbons (Fsp3) is 0.818. The van der Waals surface area contributed by atoms with Gasteiger partial charge in [-0.3, -0.25) is 9.59 Å². The molecular weight excluding hydrogens is 208 g/mol. The molecule has 5 nitrogen and oxygen atoms in total. The van der Waals surface area contributed by atoms with Crippen LogP contribution in [0.25, 0.3) is 0 Å². The minimum absolute atomic E-state index is 0.0162. The molecule has 1 saturated carbocycles. The van der Waals surface area contributed by atoms with Crippen molar-refractivity contribution in [2.75, 3.05) is 6.54 Å². The Labute approximate surface area is 95.4 Å². The van der Waals surface area contributed by atoms with Gasteiger partial charge in [0.1, 0.15) is 0 Å². The number of aliphatic carboxylic acids is 1. The molecule has 92 valence electrons. The van der Waals surface area contributed by atoms with Crippen molar-refractivity contribution in [3.05, 3.63) is 0 Å². The molecule has 4 N–H and O–H groups in total. The number of hydrogen-bond donors (Lipinski definition) is 3. The second kappa shape index (κ2) is 5.84. The van der Waals surface area contributed by atoms with Crippen molar-refractivity contribution in [1.29, 1.82) is 0 Å². The zero-order valence-corrected chi connectivity index (χ0v) is 9.50. The van der Waals surface area contributed by atoms with Gasteiger partial charge in [0.15, 0.2) is 0 Å². The molecule has 1 amide bonds. The van der Waals surface area contributed by atoms with E-state index in [0.717, 1.165) is 19.3 Å². The Morgan fingerprint density at radius 1 is 1.31 bits per heavy atom. The minimum atomic E-state index is -0.790. The fourth-order valence-electron chi connectivity index (χ4n) is 1.82. The van der Waals surface area contributed by atoms with Gasteiger partial charge in [0.05, 0.1) is 0 Å². The number of rotatable bonds is 7. The molecule has 1 fully saturated rings. The summed E-state index contributed by atoms with van der Waals surface area (Å²) in [6.07, 6.45) is 4.84. The zero-order valence-electron chi connectivity index (χ0n) is 9.50. The van der Waals surface area contributed by atoms with Crippen LogP contribution in [0.2, 0.25) is 0 Å². The average Bonchev–Trinajstić information content (AvgIpc) is 2.14. The van der Waals surface area contributed by atoms with E-state index in [1.807, 2.05) is 0 Å². The number of carboxylic acids is 1. The first-order valence-corrected chi connectivity index (χ1v) is 5.79. The largest absolute Gasteiger partial charge is 0.481 e. The van der Waals surface area contributed by atoms with Crippen molar-refractivity contribution in [2.24, 2.45) is 5.73 Å². The Bertz CT molecular complexity index is 262. The number of carbonyl (C=O) groups excluding carboxylic acids is 1. The topological polar surface area (TPSA) is 92.4 Å². The number of amides is 1. The molecule has 0 aromatic rings. The Balaban J connectivity index is 2.00. The Hall–Kier alpha value is -1.10. The van der Waals surface area contributed by atoms with Crippen molar-refractivity contribution in [2.45, 2.75) is 50.5 Å². The highest BCUT2D eigenvalue weighted by Gasteiger charge is 2.34. The summed E-state index contributed by atoms with van der Waals surface area (Å²) in [7, 11) is 0. The summed E-state index contributed by atoms with van der Waals surface area (Å²) in [4.78, 5) is 21.7. The fourth-order valence-corrected chi connectivity index (χ4v) is 1.82. The first-order valence-electron chi connectivity index (χ1n) is 5.79. The zero-order chi connectivity index (χ0) is 12.0. The van der Waals surface area contributed by atoms with Crippen molar-refractivity contribution in [3.63, 3.8) is 0 Å². The van der Waals surface area contributed by atoms with Gasteiger partial charge in [0.25, 0.3) is 0 Å². The molecule has 1 aliphatic carbocycles. The molecular formula is C11H20N2O3. The van der Waals surface area contributed by atoms with Gasteiger partial charge in [-0.15, -0.1) is 0 Å². The summed E-state index contributed by atoms with van der Waals surface area (Å²) in [5, 5.41) is 11.2. The van der Waals surface area contributed by atoms with E-state index in [4.69, 9.17) is 10.8 Å². The third-order valence-corrected chi connectivity index (χ3v) is 3.00. The SMILES string of the molecule is NC1(CC(=O)NCCCCC(=O)O)CCC1. The number of carbonyl (C=O) groups is 2. The summed E-state index contributed by atoms with van der Waals surface area (Å²) < 4.78 is 0. The van der Waals surface area contributed by atoms with Gasteiger partial charge in [-0.25, -0.2) is 0 Å². The number of nitrogens with two attached hydrogens (primary N) is 1. The van der Waals surface area contributed by atoms with E-state index in [9.17, 15) is 9.59 Å². The van der Waals surface area contributed by atoms with Gasteiger partial charge in [0, 0.05) is 24.9 Å². The predicted molar refractivity (Wildman–Crippen MR) is 59.9 cm³/mol. The third kappa shape index (κ3) is 4.61. The van der Waals surface area contributed by atoms with Gasteiger partial charge in [-0.05, 0) is 32.1 Å². The van der Waals surface area contributed by atoms with Gasteiger partial charge >= 0.3 is 5.97 Å². The molecule has 0 saturated heterocycles. The highest BCUT2D eigenvalue weighted by Crippen LogP contribution is 2.31. The summed E-state index contributed by atoms with van der Waals surface area (Å²) >= 11 is 0. The van der Waals surface area contributed by atoms with Crippen molar-refractivity contribution in [3.8, 4) is 0 Å². The predicted octanol–water partition coefficient (Wildman–Crippen LogP) is 0.629. The summed E-state index contributed by atoms with van der Waals surface area (Å²) in [5.41, 5.74) is 5.66. The first-order chi connectivity index (χ1) is 7.52. The Morgan fingerprint density at radius 2 is 2.00 bits per heavy atom. The van der Waals surface area contributed by atoms with E-state index in [0.29, 0.717) is 25.8 Å². The standard InChI is InChI=1S/C11H20N2O3/c12-11(5-3-6-11)8-9(14)13-7-2-1-4-10(15)16/h1-8,12H2,(H,13,14)(H,15,16). The van der Waals surface area contributed by atoms with Crippen LogP contribution < -0.4 is 11.1 Å². The first kappa shape index (κ1) is 13.0. The van der Waals surface area contributed by atoms with Crippen LogP contribution in [0.3, 0.4) is 0 Å². The molecule has 1 aliphatic rings. The van der Waals surface area contributed by atoms with Gasteiger partial charge in [-0.1, -0.05) is 0 Å². The third-order valence-electron chi connectivity index (χ3n) is 3.00. The lowest BCUT2D eigenvalue weighted by Gasteiger charge is -2.37. The molecule has 0 aliphatic heterocycles. The van der Waals surface area contributed by atoms with Crippen LogP contribution >= 0.6 is 0 Å². The van der Waals surface area contributed by atoms with Crippen molar-refractivity contribution >= 4 is 11.9 Å². The maximum absolute atomic E-state index is 11.4. The molecule has 1 rings (SSSR count). The Kier molecular flexibility index (Phi) is 4.73. The lowest BCUT2D eigenvalue weighted by atomic mass is 9.75. The van der Waals surface area contributed by atoms with Crippen LogP contribution in [0.15, 0.2) is 0 Å². The molecule has 0 spiro atoms. The highest BCUT2D eigenvalue weighted by atomic mass is 16.4. The van der Waals surface area contributed by atoms with Crippen molar-refractivity contribution in [1.82, 2.24) is 5.32 Å². The molecule has 0 unspecified atom stereocenters. The maximum atomic E-state index is 11.4. The molecule has 0 aromatic carbocycles. The Morgan fingerprint density at radius 3 is 2.50 bits per heavy atom. The number of carboxylic acid groups (broad SMARTS) is 1. The maximum Gasteiger partial charge on any atom is 0.303 e. The van der Waals surface area contributed by atoms with E-state index in [-0.39, 0.29) is 17.9 Å². The van der Waals surface area contributed by atoms with E-state index in [1.54, 1.807) is 0 Å². The van der Waals surface area contributed by atoms with Crippen molar-refractivity contribution < 1.29 is 14.7 Å². The molecule has 0 bridgehead atoms. The van der Waals surface area contributed by atoms with Crippen LogP contribution in [0.4, 0.5) is 0 Å². The molecule has 0 heterocycles. The smallest absolute Gasteiger partial charge is 0.303 e. The summed E-state index contributed by atoms with van der Waals surface area (Å²) in [6.45, 7) is 0.544. The highest BCUT2D eigenvalue weighted by molar-refractivity contribution is 5.77. The van der Waals surface area contributed by atoms with Crippen LogP contribution in [-0.4, -0.2) is 29.1 Å². The number of unbranched alkanes of at least 4 members (excludes halogenated alkanes) is 1. The van der Waals surface area contributed by atoms with Gasteiger partial charge in [0.2, 0.25) is 5.91 Å². The molecule has 0 atom stereocenters. The quantitative estimate of drug-likeness (QED) is 0.557. The summed E-state index contributed by atoms with van der Waals surface area (Å²) in [6, 6.07) is 0. The van der Waals surface area contributed by atoms with Crippen LogP contribution in [0.5, 0.6) is 0 Å². The summed E-state index contributed by atoms with van der Waals surface area (Å²) in [5.74, 6) is -0.806. The number of nitrogens with one attached hydrogen (secondary N) is 1. The van der Waals surface area contributed by atoms with Gasteiger partial charge in [-0.2, -0.15) is 0 Å². The molecule has 0 radical (unpaired) electrons. The van der Waals surface area contributed by atoms with Crippen LogP contribution in [0.1, 0.15) is 44.9 Å². The second-order valence-corrected chi connectivity index (χ2v) is 4.59.